The number of hydrogen-bond acceptors (Lipinski definition) is 6. The van der Waals surface area contributed by atoms with Gasteiger partial charge < -0.3 is 9.47 Å². The van der Waals surface area contributed by atoms with Gasteiger partial charge in [0.15, 0.2) is 0 Å². The van der Waals surface area contributed by atoms with E-state index in [-0.39, 0.29) is 12.2 Å². The van der Waals surface area contributed by atoms with Crippen LogP contribution in [0.4, 0.5) is 0 Å². The van der Waals surface area contributed by atoms with E-state index >= 15 is 0 Å². The van der Waals surface area contributed by atoms with E-state index in [9.17, 15) is 9.59 Å². The lowest BCUT2D eigenvalue weighted by molar-refractivity contribution is 0.0327. The zero-order chi connectivity index (χ0) is 28.2. The lowest BCUT2D eigenvalue weighted by Crippen LogP contribution is -2.15. The SMILES string of the molecule is CCC(C)OC(=O)c1cc(-c2ccccc2)nc2cc3nc(-c4ccccc4)cc(C(=O)OC(C)CC)c3cc12. The van der Waals surface area contributed by atoms with E-state index in [1.807, 2.05) is 100 Å². The van der Waals surface area contributed by atoms with Gasteiger partial charge in [0, 0.05) is 21.9 Å². The number of ether oxygens (including phenoxy) is 2. The quantitative estimate of drug-likeness (QED) is 0.149. The Hall–Kier alpha value is -4.58. The smallest absolute Gasteiger partial charge is 0.339 e. The molecule has 0 fully saturated rings. The van der Waals surface area contributed by atoms with Gasteiger partial charge in [-0.15, -0.1) is 0 Å². The van der Waals surface area contributed by atoms with Crippen LogP contribution in [0.2, 0.25) is 0 Å². The Labute approximate surface area is 234 Å². The van der Waals surface area contributed by atoms with Crippen LogP contribution in [0.5, 0.6) is 0 Å². The van der Waals surface area contributed by atoms with Crippen molar-refractivity contribution in [2.24, 2.45) is 0 Å². The van der Waals surface area contributed by atoms with Gasteiger partial charge in [0.1, 0.15) is 0 Å². The van der Waals surface area contributed by atoms with Crippen molar-refractivity contribution in [1.29, 1.82) is 0 Å². The molecule has 0 aliphatic rings. The summed E-state index contributed by atoms with van der Waals surface area (Å²) in [4.78, 5) is 36.7. The molecule has 0 spiro atoms. The predicted molar refractivity (Wildman–Crippen MR) is 158 cm³/mol. The molecule has 0 N–H and O–H groups in total. The summed E-state index contributed by atoms with van der Waals surface area (Å²) in [5.74, 6) is -0.869. The summed E-state index contributed by atoms with van der Waals surface area (Å²) >= 11 is 0. The maximum Gasteiger partial charge on any atom is 0.339 e. The first-order chi connectivity index (χ1) is 19.4. The van der Waals surface area contributed by atoms with Crippen molar-refractivity contribution >= 4 is 33.7 Å². The van der Waals surface area contributed by atoms with E-state index in [0.717, 1.165) is 11.1 Å². The van der Waals surface area contributed by atoms with E-state index < -0.39 is 11.9 Å². The van der Waals surface area contributed by atoms with E-state index in [4.69, 9.17) is 19.4 Å². The molecule has 0 bridgehead atoms. The highest BCUT2D eigenvalue weighted by Crippen LogP contribution is 2.32. The van der Waals surface area contributed by atoms with Crippen LogP contribution < -0.4 is 0 Å². The molecule has 6 nitrogen and oxygen atoms in total. The Kier molecular flexibility index (Phi) is 7.87. The maximum atomic E-state index is 13.4. The third kappa shape index (κ3) is 5.57. The summed E-state index contributed by atoms with van der Waals surface area (Å²) in [5, 5.41) is 1.18. The molecule has 0 saturated heterocycles. The van der Waals surface area contributed by atoms with Crippen LogP contribution in [-0.2, 0) is 9.47 Å². The summed E-state index contributed by atoms with van der Waals surface area (Å²) in [6.07, 6.45) is 0.905. The highest BCUT2D eigenvalue weighted by molar-refractivity contribution is 6.12. The van der Waals surface area contributed by atoms with Gasteiger partial charge in [-0.3, -0.25) is 0 Å². The van der Waals surface area contributed by atoms with Crippen LogP contribution in [0.25, 0.3) is 44.3 Å². The van der Waals surface area contributed by atoms with Gasteiger partial charge in [-0.25, -0.2) is 19.6 Å². The minimum Gasteiger partial charge on any atom is -0.459 e. The fourth-order valence-electron chi connectivity index (χ4n) is 4.46. The first kappa shape index (κ1) is 27.0. The molecule has 202 valence electrons. The molecular weight excluding hydrogens is 500 g/mol. The van der Waals surface area contributed by atoms with E-state index in [1.165, 1.54) is 0 Å². The number of aromatic nitrogens is 2. The highest BCUT2D eigenvalue weighted by Gasteiger charge is 2.22. The zero-order valence-electron chi connectivity index (χ0n) is 23.2. The Morgan fingerprint density at radius 2 is 1.02 bits per heavy atom. The van der Waals surface area contributed by atoms with Crippen LogP contribution in [-0.4, -0.2) is 34.1 Å². The van der Waals surface area contributed by atoms with Crippen molar-refractivity contribution in [3.8, 4) is 22.5 Å². The fraction of sp³-hybridized carbons (Fsp3) is 0.235. The molecule has 0 radical (unpaired) electrons. The summed E-state index contributed by atoms with van der Waals surface area (Å²) in [6, 6.07) is 26.6. The van der Waals surface area contributed by atoms with E-state index in [0.29, 0.717) is 57.2 Å². The number of carbonyl (C=O) groups excluding carboxylic acids is 2. The molecule has 5 rings (SSSR count). The molecule has 5 aromatic rings. The number of rotatable bonds is 8. The van der Waals surface area contributed by atoms with Gasteiger partial charge in [-0.2, -0.15) is 0 Å². The van der Waals surface area contributed by atoms with Gasteiger partial charge in [0.05, 0.1) is 45.8 Å². The summed E-state index contributed by atoms with van der Waals surface area (Å²) in [6.45, 7) is 7.67. The second-order valence-electron chi connectivity index (χ2n) is 9.98. The monoisotopic (exact) mass is 532 g/mol. The molecule has 0 amide bonds. The zero-order valence-corrected chi connectivity index (χ0v) is 23.2. The van der Waals surface area contributed by atoms with Gasteiger partial charge in [0.2, 0.25) is 0 Å². The van der Waals surface area contributed by atoms with Gasteiger partial charge in [-0.1, -0.05) is 74.5 Å². The number of benzene rings is 3. The minimum atomic E-state index is -0.434. The molecule has 0 saturated carbocycles. The molecule has 2 heterocycles. The fourth-order valence-corrected chi connectivity index (χ4v) is 4.46. The van der Waals surface area contributed by atoms with Gasteiger partial charge in [-0.05, 0) is 51.0 Å². The van der Waals surface area contributed by atoms with Crippen LogP contribution in [0, 0.1) is 0 Å². The molecule has 0 aliphatic heterocycles. The average molecular weight is 533 g/mol. The standard InChI is InChI=1S/C34H32N2O4/c1-5-21(3)39-33(37)27-18-29(23-13-9-7-10-14-23)35-31-20-32-26(17-25(27)31)28(34(38)40-22(4)6-2)19-30(36-32)24-15-11-8-12-16-24/h7-22H,5-6H2,1-4H3. The van der Waals surface area contributed by atoms with Crippen molar-refractivity contribution in [3.05, 3.63) is 96.1 Å². The minimum absolute atomic E-state index is 0.243. The van der Waals surface area contributed by atoms with Crippen LogP contribution in [0.15, 0.2) is 84.9 Å². The number of fused-ring (bicyclic) bond motifs is 2. The molecule has 6 heteroatoms. The Bertz CT molecular complexity index is 1560. The average Bonchev–Trinajstić information content (AvgIpc) is 2.99. The van der Waals surface area contributed by atoms with Crippen molar-refractivity contribution in [3.63, 3.8) is 0 Å². The first-order valence-corrected chi connectivity index (χ1v) is 13.7. The summed E-state index contributed by atoms with van der Waals surface area (Å²) in [7, 11) is 0. The molecule has 2 unspecified atom stereocenters. The number of esters is 2. The maximum absolute atomic E-state index is 13.4. The second kappa shape index (κ2) is 11.7. The van der Waals surface area contributed by atoms with Crippen molar-refractivity contribution < 1.29 is 19.1 Å². The normalized spacial score (nSPS) is 12.7. The van der Waals surface area contributed by atoms with Crippen molar-refractivity contribution in [1.82, 2.24) is 9.97 Å². The van der Waals surface area contributed by atoms with E-state index in [2.05, 4.69) is 0 Å². The lowest BCUT2D eigenvalue weighted by atomic mass is 9.98. The van der Waals surface area contributed by atoms with Gasteiger partial charge in [0.25, 0.3) is 0 Å². The van der Waals surface area contributed by atoms with Crippen LogP contribution in [0.1, 0.15) is 61.3 Å². The largest absolute Gasteiger partial charge is 0.459 e. The topological polar surface area (TPSA) is 78.4 Å². The third-order valence-electron chi connectivity index (χ3n) is 7.08. The number of pyridine rings is 2. The van der Waals surface area contributed by atoms with Gasteiger partial charge >= 0.3 is 11.9 Å². The first-order valence-electron chi connectivity index (χ1n) is 13.7. The van der Waals surface area contributed by atoms with Crippen LogP contribution >= 0.6 is 0 Å². The lowest BCUT2D eigenvalue weighted by Gasteiger charge is -2.16. The molecule has 0 aliphatic carbocycles. The molecule has 2 atom stereocenters. The molecular formula is C34H32N2O4. The Balaban J connectivity index is 1.79. The van der Waals surface area contributed by atoms with Crippen molar-refractivity contribution in [2.45, 2.75) is 52.7 Å². The number of nitrogens with zero attached hydrogens (tertiary/aromatic N) is 2. The Morgan fingerprint density at radius 1 is 0.625 bits per heavy atom. The van der Waals surface area contributed by atoms with Crippen LogP contribution in [0.3, 0.4) is 0 Å². The molecule has 3 aromatic carbocycles. The predicted octanol–water partition coefficient (Wildman–Crippen LogP) is 8.03. The van der Waals surface area contributed by atoms with E-state index in [1.54, 1.807) is 12.1 Å². The highest BCUT2D eigenvalue weighted by atomic mass is 16.5. The van der Waals surface area contributed by atoms with Crippen molar-refractivity contribution in [2.75, 3.05) is 0 Å². The number of hydrogen-bond donors (Lipinski definition) is 0. The molecule has 2 aromatic heterocycles. The Morgan fingerprint density at radius 3 is 1.40 bits per heavy atom. The number of carbonyl (C=O) groups is 2. The molecule has 40 heavy (non-hydrogen) atoms. The summed E-state index contributed by atoms with van der Waals surface area (Å²) < 4.78 is 11.5. The third-order valence-corrected chi connectivity index (χ3v) is 7.08. The second-order valence-corrected chi connectivity index (χ2v) is 9.98. The summed E-state index contributed by atoms with van der Waals surface area (Å²) in [5.41, 5.74) is 5.02.